The maximum atomic E-state index is 8.72. The zero-order valence-electron chi connectivity index (χ0n) is 6.44. The molecule has 3 N–H and O–H groups in total. The molecule has 11 heavy (non-hydrogen) atoms. The molecule has 5 nitrogen and oxygen atoms in total. The molecule has 0 aliphatic heterocycles. The third kappa shape index (κ3) is 1.55. The molecule has 0 saturated heterocycles. The minimum atomic E-state index is -0.419. The van der Waals surface area contributed by atoms with Crippen LogP contribution in [0.4, 0.5) is 0 Å². The Morgan fingerprint density at radius 2 is 2.55 bits per heavy atom. The molecule has 0 spiro atoms. The first-order chi connectivity index (χ1) is 5.29. The highest BCUT2D eigenvalue weighted by Crippen LogP contribution is 2.03. The molecule has 0 saturated carbocycles. The molecule has 0 radical (unpaired) electrons. The van der Waals surface area contributed by atoms with Crippen molar-refractivity contribution < 1.29 is 5.11 Å². The van der Waals surface area contributed by atoms with Gasteiger partial charge in [0.25, 0.3) is 0 Å². The third-order valence-corrected chi connectivity index (χ3v) is 1.47. The molecule has 1 atom stereocenters. The Bertz CT molecular complexity index is 222. The van der Waals surface area contributed by atoms with Crippen LogP contribution in [0.2, 0.25) is 0 Å². The average Bonchev–Trinajstić information content (AvgIpc) is 2.50. The molecule has 0 aliphatic rings. The molecule has 5 heteroatoms. The maximum absolute atomic E-state index is 8.72. The molecule has 62 valence electrons. The molecule has 0 fully saturated rings. The van der Waals surface area contributed by atoms with Gasteiger partial charge in [0.05, 0.1) is 12.6 Å². The lowest BCUT2D eigenvalue weighted by atomic mass is 10.3. The minimum Gasteiger partial charge on any atom is -0.394 e. The first kappa shape index (κ1) is 8.16. The summed E-state index contributed by atoms with van der Waals surface area (Å²) in [7, 11) is 0. The second kappa shape index (κ2) is 3.45. The Morgan fingerprint density at radius 1 is 1.82 bits per heavy atom. The van der Waals surface area contributed by atoms with Crippen molar-refractivity contribution >= 4 is 0 Å². The Hall–Kier alpha value is -0.940. The van der Waals surface area contributed by atoms with Crippen LogP contribution in [0.3, 0.4) is 0 Å². The van der Waals surface area contributed by atoms with Crippen molar-refractivity contribution in [1.29, 1.82) is 0 Å². The van der Waals surface area contributed by atoms with E-state index in [1.807, 2.05) is 6.92 Å². The van der Waals surface area contributed by atoms with Gasteiger partial charge in [-0.3, -0.25) is 0 Å². The van der Waals surface area contributed by atoms with Crippen molar-refractivity contribution in [3.05, 3.63) is 12.2 Å². The van der Waals surface area contributed by atoms with Crippen molar-refractivity contribution in [2.24, 2.45) is 5.73 Å². The van der Waals surface area contributed by atoms with Crippen LogP contribution in [0.5, 0.6) is 0 Å². The first-order valence-corrected chi connectivity index (χ1v) is 3.53. The standard InChI is InChI=1S/C6H12N4O/c1-2-10-6(5(7)3-11)8-4-9-10/h4-5,11H,2-3,7H2,1H3. The fourth-order valence-electron chi connectivity index (χ4n) is 0.886. The fourth-order valence-corrected chi connectivity index (χ4v) is 0.886. The van der Waals surface area contributed by atoms with Gasteiger partial charge in [-0.05, 0) is 6.92 Å². The van der Waals surface area contributed by atoms with E-state index in [0.717, 1.165) is 6.54 Å². The van der Waals surface area contributed by atoms with E-state index in [2.05, 4.69) is 10.1 Å². The molecule has 0 aliphatic carbocycles. The van der Waals surface area contributed by atoms with E-state index in [1.165, 1.54) is 6.33 Å². The summed E-state index contributed by atoms with van der Waals surface area (Å²) in [6, 6.07) is -0.419. The highest BCUT2D eigenvalue weighted by atomic mass is 16.3. The predicted octanol–water partition coefficient (Wildman–Crippen LogP) is -0.710. The fraction of sp³-hybridized carbons (Fsp3) is 0.667. The summed E-state index contributed by atoms with van der Waals surface area (Å²) in [5, 5.41) is 12.6. The van der Waals surface area contributed by atoms with E-state index >= 15 is 0 Å². The molecule has 0 bridgehead atoms. The van der Waals surface area contributed by atoms with E-state index in [-0.39, 0.29) is 6.61 Å². The van der Waals surface area contributed by atoms with Gasteiger partial charge in [-0.15, -0.1) is 0 Å². The number of aromatic nitrogens is 3. The van der Waals surface area contributed by atoms with Gasteiger partial charge >= 0.3 is 0 Å². The van der Waals surface area contributed by atoms with E-state index in [9.17, 15) is 0 Å². The second-order valence-corrected chi connectivity index (χ2v) is 2.22. The smallest absolute Gasteiger partial charge is 0.146 e. The van der Waals surface area contributed by atoms with Crippen molar-refractivity contribution in [1.82, 2.24) is 14.8 Å². The van der Waals surface area contributed by atoms with Gasteiger partial charge in [-0.1, -0.05) is 0 Å². The van der Waals surface area contributed by atoms with Gasteiger partial charge in [0.1, 0.15) is 12.2 Å². The number of hydrogen-bond acceptors (Lipinski definition) is 4. The van der Waals surface area contributed by atoms with E-state index in [1.54, 1.807) is 4.68 Å². The monoisotopic (exact) mass is 156 g/mol. The summed E-state index contributed by atoms with van der Waals surface area (Å²) in [5.41, 5.74) is 5.54. The van der Waals surface area contributed by atoms with Gasteiger partial charge in [0.2, 0.25) is 0 Å². The number of aryl methyl sites for hydroxylation is 1. The first-order valence-electron chi connectivity index (χ1n) is 3.53. The highest BCUT2D eigenvalue weighted by Gasteiger charge is 2.10. The van der Waals surface area contributed by atoms with Crippen molar-refractivity contribution in [2.45, 2.75) is 19.5 Å². The van der Waals surface area contributed by atoms with Crippen LogP contribution >= 0.6 is 0 Å². The number of hydrogen-bond donors (Lipinski definition) is 2. The summed E-state index contributed by atoms with van der Waals surface area (Å²) < 4.78 is 1.67. The molecule has 0 amide bonds. The van der Waals surface area contributed by atoms with Crippen LogP contribution in [-0.4, -0.2) is 26.5 Å². The lowest BCUT2D eigenvalue weighted by molar-refractivity contribution is 0.259. The van der Waals surface area contributed by atoms with Gasteiger partial charge in [0, 0.05) is 6.54 Å². The van der Waals surface area contributed by atoms with Gasteiger partial charge in [0.15, 0.2) is 0 Å². The molecule has 1 unspecified atom stereocenters. The quantitative estimate of drug-likeness (QED) is 0.606. The van der Waals surface area contributed by atoms with Crippen molar-refractivity contribution in [3.63, 3.8) is 0 Å². The van der Waals surface area contributed by atoms with E-state index in [0.29, 0.717) is 5.82 Å². The van der Waals surface area contributed by atoms with Crippen LogP contribution in [0, 0.1) is 0 Å². The van der Waals surface area contributed by atoms with Crippen LogP contribution in [0.1, 0.15) is 18.8 Å². The second-order valence-electron chi connectivity index (χ2n) is 2.22. The number of nitrogens with zero attached hydrogens (tertiary/aromatic N) is 3. The third-order valence-electron chi connectivity index (χ3n) is 1.47. The van der Waals surface area contributed by atoms with Gasteiger partial charge in [-0.2, -0.15) is 5.10 Å². The minimum absolute atomic E-state index is 0.0985. The number of aliphatic hydroxyl groups excluding tert-OH is 1. The normalized spacial score (nSPS) is 13.4. The summed E-state index contributed by atoms with van der Waals surface area (Å²) >= 11 is 0. The van der Waals surface area contributed by atoms with Gasteiger partial charge in [-0.25, -0.2) is 9.67 Å². The van der Waals surface area contributed by atoms with E-state index in [4.69, 9.17) is 10.8 Å². The van der Waals surface area contributed by atoms with Crippen LogP contribution in [0.15, 0.2) is 6.33 Å². The Morgan fingerprint density at radius 3 is 3.09 bits per heavy atom. The average molecular weight is 156 g/mol. The molecule has 1 aromatic heterocycles. The summed E-state index contributed by atoms with van der Waals surface area (Å²) in [5.74, 6) is 0.634. The van der Waals surface area contributed by atoms with Crippen LogP contribution in [0.25, 0.3) is 0 Å². The molecule has 0 aromatic carbocycles. The lowest BCUT2D eigenvalue weighted by Gasteiger charge is -2.07. The van der Waals surface area contributed by atoms with Crippen LogP contribution in [-0.2, 0) is 6.54 Å². The molecular formula is C6H12N4O. The van der Waals surface area contributed by atoms with E-state index < -0.39 is 6.04 Å². The summed E-state index contributed by atoms with van der Waals surface area (Å²) in [6.07, 6.45) is 1.44. The topological polar surface area (TPSA) is 77.0 Å². The number of aliphatic hydroxyl groups is 1. The Labute approximate surface area is 64.9 Å². The maximum Gasteiger partial charge on any atom is 0.146 e. The number of rotatable bonds is 3. The Kier molecular flexibility index (Phi) is 2.56. The largest absolute Gasteiger partial charge is 0.394 e. The molecular weight excluding hydrogens is 144 g/mol. The highest BCUT2D eigenvalue weighted by molar-refractivity contribution is 4.92. The van der Waals surface area contributed by atoms with Gasteiger partial charge < -0.3 is 10.8 Å². The molecule has 1 aromatic rings. The van der Waals surface area contributed by atoms with Crippen molar-refractivity contribution in [3.8, 4) is 0 Å². The Balaban J connectivity index is 2.83. The predicted molar refractivity (Wildman–Crippen MR) is 39.7 cm³/mol. The SMILES string of the molecule is CCn1ncnc1C(N)CO. The lowest BCUT2D eigenvalue weighted by Crippen LogP contribution is -2.20. The zero-order chi connectivity index (χ0) is 8.27. The number of nitrogens with two attached hydrogens (primary N) is 1. The zero-order valence-corrected chi connectivity index (χ0v) is 6.44. The summed E-state index contributed by atoms with van der Waals surface area (Å²) in [4.78, 5) is 3.92. The van der Waals surface area contributed by atoms with Crippen LogP contribution < -0.4 is 5.73 Å². The van der Waals surface area contributed by atoms with Crippen molar-refractivity contribution in [2.75, 3.05) is 6.61 Å². The summed E-state index contributed by atoms with van der Waals surface area (Å²) in [6.45, 7) is 2.57. The molecule has 1 rings (SSSR count). The molecule has 1 heterocycles.